The maximum absolute atomic E-state index is 12.2. The van der Waals surface area contributed by atoms with Gasteiger partial charge < -0.3 is 20.2 Å². The van der Waals surface area contributed by atoms with Gasteiger partial charge >= 0.3 is 12.0 Å². The highest BCUT2D eigenvalue weighted by atomic mass is 32.2. The Labute approximate surface area is 123 Å². The van der Waals surface area contributed by atoms with Crippen LogP contribution in [0.1, 0.15) is 12.8 Å². The van der Waals surface area contributed by atoms with Crippen LogP contribution in [-0.4, -0.2) is 77.7 Å². The van der Waals surface area contributed by atoms with E-state index in [1.807, 2.05) is 0 Å². The van der Waals surface area contributed by atoms with Crippen LogP contribution < -0.4 is 5.32 Å². The lowest BCUT2D eigenvalue weighted by molar-refractivity contribution is -0.137. The van der Waals surface area contributed by atoms with E-state index in [1.165, 1.54) is 0 Å². The summed E-state index contributed by atoms with van der Waals surface area (Å²) < 4.78 is 0. The fourth-order valence-corrected chi connectivity index (χ4v) is 3.88. The number of thioether (sulfide) groups is 1. The Hall–Kier alpha value is -0.950. The van der Waals surface area contributed by atoms with Gasteiger partial charge in [-0.1, -0.05) is 0 Å². The lowest BCUT2D eigenvalue weighted by Crippen LogP contribution is -2.52. The lowest BCUT2D eigenvalue weighted by atomic mass is 10.1. The molecule has 2 aliphatic rings. The smallest absolute Gasteiger partial charge is 0.317 e. The van der Waals surface area contributed by atoms with E-state index in [4.69, 9.17) is 5.11 Å². The molecule has 0 aromatic carbocycles. The number of nitrogens with one attached hydrogen (secondary N) is 1. The molecular weight excluding hydrogens is 278 g/mol. The first-order chi connectivity index (χ1) is 9.56. The quantitative estimate of drug-likeness (QED) is 0.793. The molecule has 2 aliphatic heterocycles. The van der Waals surface area contributed by atoms with Gasteiger partial charge in [-0.3, -0.25) is 4.79 Å². The summed E-state index contributed by atoms with van der Waals surface area (Å²) in [7, 11) is 2.09. The minimum atomic E-state index is -0.840. The van der Waals surface area contributed by atoms with Crippen molar-refractivity contribution < 1.29 is 14.7 Å². The van der Waals surface area contributed by atoms with Gasteiger partial charge in [0, 0.05) is 31.1 Å². The van der Waals surface area contributed by atoms with Gasteiger partial charge in [-0.2, -0.15) is 11.8 Å². The molecule has 7 heteroatoms. The average molecular weight is 301 g/mol. The van der Waals surface area contributed by atoms with Crippen molar-refractivity contribution in [1.29, 1.82) is 0 Å². The molecule has 0 aliphatic carbocycles. The third-order valence-electron chi connectivity index (χ3n) is 3.93. The highest BCUT2D eigenvalue weighted by molar-refractivity contribution is 7.99. The zero-order valence-corrected chi connectivity index (χ0v) is 12.7. The second-order valence-electron chi connectivity index (χ2n) is 5.62. The summed E-state index contributed by atoms with van der Waals surface area (Å²) in [6.07, 6.45) is 1.15. The van der Waals surface area contributed by atoms with Crippen molar-refractivity contribution in [1.82, 2.24) is 15.1 Å². The summed E-state index contributed by atoms with van der Waals surface area (Å²) in [5, 5.41) is 11.9. The van der Waals surface area contributed by atoms with Crippen molar-refractivity contribution in [2.24, 2.45) is 5.92 Å². The number of likely N-dealkylation sites (tertiary alicyclic amines) is 1. The van der Waals surface area contributed by atoms with E-state index in [9.17, 15) is 9.59 Å². The molecule has 2 amide bonds. The normalized spacial score (nSPS) is 27.6. The van der Waals surface area contributed by atoms with Crippen LogP contribution in [0.2, 0.25) is 0 Å². The molecule has 0 aromatic rings. The Morgan fingerprint density at radius 2 is 2.20 bits per heavy atom. The van der Waals surface area contributed by atoms with Gasteiger partial charge in [0.05, 0.1) is 12.5 Å². The summed E-state index contributed by atoms with van der Waals surface area (Å²) in [4.78, 5) is 27.1. The van der Waals surface area contributed by atoms with Crippen LogP contribution in [0.5, 0.6) is 0 Å². The predicted octanol–water partition coefficient (Wildman–Crippen LogP) is 0.540. The highest BCUT2D eigenvalue weighted by Crippen LogP contribution is 2.19. The number of carboxylic acid groups (broad SMARTS) is 1. The summed E-state index contributed by atoms with van der Waals surface area (Å²) in [6.45, 7) is 3.43. The van der Waals surface area contributed by atoms with E-state index < -0.39 is 5.97 Å². The molecule has 114 valence electrons. The second kappa shape index (κ2) is 7.17. The van der Waals surface area contributed by atoms with Crippen LogP contribution >= 0.6 is 11.8 Å². The maximum atomic E-state index is 12.2. The minimum Gasteiger partial charge on any atom is -0.481 e. The van der Waals surface area contributed by atoms with Gasteiger partial charge in [0.15, 0.2) is 0 Å². The number of nitrogens with zero attached hydrogens (tertiary/aromatic N) is 2. The fraction of sp³-hybridized carbons (Fsp3) is 0.846. The molecule has 2 heterocycles. The summed E-state index contributed by atoms with van der Waals surface area (Å²) in [5.41, 5.74) is 0. The molecule has 0 saturated carbocycles. The molecule has 2 fully saturated rings. The van der Waals surface area contributed by atoms with Crippen molar-refractivity contribution in [3.63, 3.8) is 0 Å². The Kier molecular flexibility index (Phi) is 5.54. The molecule has 20 heavy (non-hydrogen) atoms. The van der Waals surface area contributed by atoms with Gasteiger partial charge in [0.1, 0.15) is 0 Å². The van der Waals surface area contributed by atoms with Gasteiger partial charge in [0.2, 0.25) is 0 Å². The second-order valence-corrected chi connectivity index (χ2v) is 6.77. The topological polar surface area (TPSA) is 72.9 Å². The number of hydrogen-bond acceptors (Lipinski definition) is 4. The number of rotatable bonds is 4. The lowest BCUT2D eigenvalue weighted by Gasteiger charge is -2.34. The van der Waals surface area contributed by atoms with Crippen molar-refractivity contribution in [3.8, 4) is 0 Å². The Morgan fingerprint density at radius 3 is 2.85 bits per heavy atom. The average Bonchev–Trinajstić information content (AvgIpc) is 2.82. The van der Waals surface area contributed by atoms with Gasteiger partial charge in [0.25, 0.3) is 0 Å². The molecule has 0 spiro atoms. The standard InChI is InChI=1S/C13H23N3O3S/c1-15-3-2-10(8-15)7-14-13(19)16-4-5-20-9-11(16)6-12(17)18/h10-11H,2-9H2,1H3,(H,14,19)(H,17,18). The number of urea groups is 1. The number of carboxylic acids is 1. The maximum Gasteiger partial charge on any atom is 0.317 e. The van der Waals surface area contributed by atoms with Crippen molar-refractivity contribution in [2.45, 2.75) is 18.9 Å². The number of hydrogen-bond donors (Lipinski definition) is 2. The SMILES string of the molecule is CN1CCC(CNC(=O)N2CCSCC2CC(=O)O)C1. The fourth-order valence-electron chi connectivity index (χ4n) is 2.82. The third-order valence-corrected chi connectivity index (χ3v) is 5.02. The van der Waals surface area contributed by atoms with Gasteiger partial charge in [-0.25, -0.2) is 4.79 Å². The zero-order valence-electron chi connectivity index (χ0n) is 11.9. The summed E-state index contributed by atoms with van der Waals surface area (Å²) >= 11 is 1.72. The first-order valence-corrected chi connectivity index (χ1v) is 8.24. The van der Waals surface area contributed by atoms with E-state index in [2.05, 4.69) is 17.3 Å². The first-order valence-electron chi connectivity index (χ1n) is 7.09. The molecule has 2 atom stereocenters. The van der Waals surface area contributed by atoms with Crippen LogP contribution in [-0.2, 0) is 4.79 Å². The number of carbonyl (C=O) groups is 2. The van der Waals surface area contributed by atoms with Gasteiger partial charge in [-0.05, 0) is 25.9 Å². The Bertz CT molecular complexity index is 367. The number of amides is 2. The number of aliphatic carboxylic acids is 1. The molecule has 0 bridgehead atoms. The van der Waals surface area contributed by atoms with E-state index >= 15 is 0 Å². The summed E-state index contributed by atoms with van der Waals surface area (Å²) in [6, 6.07) is -0.288. The Morgan fingerprint density at radius 1 is 1.40 bits per heavy atom. The van der Waals surface area contributed by atoms with Gasteiger partial charge in [-0.15, -0.1) is 0 Å². The first kappa shape index (κ1) is 15.4. The van der Waals surface area contributed by atoms with Crippen molar-refractivity contribution in [3.05, 3.63) is 0 Å². The zero-order chi connectivity index (χ0) is 14.5. The van der Waals surface area contributed by atoms with Crippen LogP contribution in [0.4, 0.5) is 4.79 Å². The van der Waals surface area contributed by atoms with E-state index in [-0.39, 0.29) is 18.5 Å². The number of carbonyl (C=O) groups excluding carboxylic acids is 1. The van der Waals surface area contributed by atoms with Crippen LogP contribution in [0, 0.1) is 5.92 Å². The minimum absolute atomic E-state index is 0.0343. The molecule has 0 radical (unpaired) electrons. The van der Waals surface area contributed by atoms with Crippen LogP contribution in [0.3, 0.4) is 0 Å². The van der Waals surface area contributed by atoms with E-state index in [1.54, 1.807) is 16.7 Å². The molecule has 2 rings (SSSR count). The molecule has 2 unspecified atom stereocenters. The molecular formula is C13H23N3O3S. The van der Waals surface area contributed by atoms with E-state index in [0.717, 1.165) is 25.3 Å². The summed E-state index contributed by atoms with van der Waals surface area (Å²) in [5.74, 6) is 1.27. The monoisotopic (exact) mass is 301 g/mol. The molecule has 2 saturated heterocycles. The van der Waals surface area contributed by atoms with Crippen molar-refractivity contribution >= 4 is 23.8 Å². The molecule has 6 nitrogen and oxygen atoms in total. The van der Waals surface area contributed by atoms with Crippen LogP contribution in [0.25, 0.3) is 0 Å². The molecule has 0 aromatic heterocycles. The van der Waals surface area contributed by atoms with Crippen molar-refractivity contribution in [2.75, 3.05) is 44.7 Å². The largest absolute Gasteiger partial charge is 0.481 e. The highest BCUT2D eigenvalue weighted by Gasteiger charge is 2.29. The van der Waals surface area contributed by atoms with E-state index in [0.29, 0.717) is 24.8 Å². The third kappa shape index (κ3) is 4.28. The Balaban J connectivity index is 1.81. The molecule has 2 N–H and O–H groups in total. The predicted molar refractivity (Wildman–Crippen MR) is 79.1 cm³/mol. The van der Waals surface area contributed by atoms with Crippen LogP contribution in [0.15, 0.2) is 0 Å².